The Hall–Kier alpha value is -1.73. The van der Waals surface area contributed by atoms with Crippen LogP contribution in [0, 0.1) is 6.92 Å². The molecule has 2 rings (SSSR count). The quantitative estimate of drug-likeness (QED) is 0.753. The van der Waals surface area contributed by atoms with Crippen LogP contribution in [0.25, 0.3) is 0 Å². The van der Waals surface area contributed by atoms with Crippen molar-refractivity contribution in [1.29, 1.82) is 0 Å². The molecule has 1 aliphatic rings. The normalized spacial score (nSPS) is 18.6. The molecule has 1 saturated heterocycles. The molecule has 1 atom stereocenters. The summed E-state index contributed by atoms with van der Waals surface area (Å²) in [4.78, 5) is 20.0. The molecular formula is C13H20N4O3. The molecule has 0 aliphatic carbocycles. The average molecular weight is 280 g/mol. The molecule has 0 saturated carbocycles. The van der Waals surface area contributed by atoms with Crippen LogP contribution in [0.1, 0.15) is 23.0 Å². The third-order valence-corrected chi connectivity index (χ3v) is 2.98. The highest BCUT2D eigenvalue weighted by Gasteiger charge is 2.15. The number of aromatic nitrogens is 2. The fraction of sp³-hybridized carbons (Fsp3) is 0.615. The average Bonchev–Trinajstić information content (AvgIpc) is 2.46. The molecule has 0 aromatic carbocycles. The number of morpholine rings is 1. The van der Waals surface area contributed by atoms with E-state index < -0.39 is 0 Å². The van der Waals surface area contributed by atoms with Gasteiger partial charge in [0, 0.05) is 25.3 Å². The van der Waals surface area contributed by atoms with Gasteiger partial charge in [0.05, 0.1) is 31.1 Å². The molecule has 1 unspecified atom stereocenters. The van der Waals surface area contributed by atoms with Gasteiger partial charge in [-0.2, -0.15) is 0 Å². The first kappa shape index (κ1) is 14.7. The van der Waals surface area contributed by atoms with Crippen LogP contribution in [0.3, 0.4) is 0 Å². The first-order valence-electron chi connectivity index (χ1n) is 6.76. The maximum atomic E-state index is 11.6. The Bertz CT molecular complexity index is 461. The Morgan fingerprint density at radius 3 is 3.15 bits per heavy atom. The highest BCUT2D eigenvalue weighted by molar-refractivity contribution is 5.90. The molecule has 0 radical (unpaired) electrons. The van der Waals surface area contributed by atoms with Crippen LogP contribution >= 0.6 is 0 Å². The van der Waals surface area contributed by atoms with E-state index in [2.05, 4.69) is 20.6 Å². The van der Waals surface area contributed by atoms with Gasteiger partial charge in [-0.15, -0.1) is 0 Å². The molecule has 1 fully saturated rings. The Balaban J connectivity index is 1.92. The lowest BCUT2D eigenvalue weighted by Crippen LogP contribution is -2.45. The summed E-state index contributed by atoms with van der Waals surface area (Å²) in [5.41, 5.74) is 1.00. The van der Waals surface area contributed by atoms with Crippen molar-refractivity contribution >= 4 is 11.9 Å². The summed E-state index contributed by atoms with van der Waals surface area (Å²) in [5.74, 6) is 0.113. The monoisotopic (exact) mass is 280 g/mol. The van der Waals surface area contributed by atoms with Crippen LogP contribution in [-0.4, -0.2) is 54.9 Å². The van der Waals surface area contributed by atoms with Gasteiger partial charge in [-0.05, 0) is 13.8 Å². The Morgan fingerprint density at radius 1 is 1.65 bits per heavy atom. The van der Waals surface area contributed by atoms with Gasteiger partial charge in [-0.25, -0.2) is 14.8 Å². The van der Waals surface area contributed by atoms with E-state index in [-0.39, 0.29) is 12.0 Å². The Kier molecular flexibility index (Phi) is 5.25. The molecular weight excluding hydrogens is 260 g/mol. The van der Waals surface area contributed by atoms with Crippen molar-refractivity contribution in [3.05, 3.63) is 17.5 Å². The molecule has 0 spiro atoms. The summed E-state index contributed by atoms with van der Waals surface area (Å²) >= 11 is 0. The summed E-state index contributed by atoms with van der Waals surface area (Å²) in [6, 6.07) is 0.248. The van der Waals surface area contributed by atoms with Gasteiger partial charge < -0.3 is 20.1 Å². The first-order valence-corrected chi connectivity index (χ1v) is 6.76. The Morgan fingerprint density at radius 2 is 2.50 bits per heavy atom. The molecule has 0 bridgehead atoms. The largest absolute Gasteiger partial charge is 0.462 e. The van der Waals surface area contributed by atoms with Crippen LogP contribution in [0.5, 0.6) is 0 Å². The lowest BCUT2D eigenvalue weighted by atomic mass is 10.2. The van der Waals surface area contributed by atoms with Gasteiger partial charge in [-0.1, -0.05) is 0 Å². The minimum absolute atomic E-state index is 0.248. The minimum atomic E-state index is -0.390. The van der Waals surface area contributed by atoms with Crippen molar-refractivity contribution in [3.63, 3.8) is 0 Å². The lowest BCUT2D eigenvalue weighted by Gasteiger charge is -2.23. The smallest absolute Gasteiger partial charge is 0.341 e. The van der Waals surface area contributed by atoms with E-state index in [0.29, 0.717) is 37.0 Å². The minimum Gasteiger partial charge on any atom is -0.462 e. The number of nitrogens with one attached hydrogen (secondary N) is 2. The van der Waals surface area contributed by atoms with Gasteiger partial charge in [-0.3, -0.25) is 0 Å². The second-order valence-electron chi connectivity index (χ2n) is 4.52. The maximum absolute atomic E-state index is 11.6. The van der Waals surface area contributed by atoms with Crippen LogP contribution in [0.4, 0.5) is 5.95 Å². The molecule has 2 N–H and O–H groups in total. The third kappa shape index (κ3) is 3.88. The highest BCUT2D eigenvalue weighted by atomic mass is 16.5. The van der Waals surface area contributed by atoms with E-state index in [4.69, 9.17) is 9.47 Å². The molecule has 20 heavy (non-hydrogen) atoms. The van der Waals surface area contributed by atoms with Crippen molar-refractivity contribution in [3.8, 4) is 0 Å². The molecule has 110 valence electrons. The van der Waals surface area contributed by atoms with Crippen molar-refractivity contribution in [2.45, 2.75) is 19.9 Å². The van der Waals surface area contributed by atoms with Crippen LogP contribution < -0.4 is 10.6 Å². The van der Waals surface area contributed by atoms with Crippen molar-refractivity contribution in [2.24, 2.45) is 0 Å². The topological polar surface area (TPSA) is 85.4 Å². The molecule has 2 heterocycles. The number of nitrogens with zero attached hydrogens (tertiary/aromatic N) is 2. The predicted molar refractivity (Wildman–Crippen MR) is 73.8 cm³/mol. The van der Waals surface area contributed by atoms with Gasteiger partial charge in [0.2, 0.25) is 5.95 Å². The zero-order valence-corrected chi connectivity index (χ0v) is 11.8. The van der Waals surface area contributed by atoms with E-state index in [0.717, 1.165) is 13.2 Å². The molecule has 7 nitrogen and oxygen atoms in total. The van der Waals surface area contributed by atoms with Gasteiger partial charge in [0.1, 0.15) is 0 Å². The number of hydrogen-bond acceptors (Lipinski definition) is 7. The maximum Gasteiger partial charge on any atom is 0.341 e. The molecule has 1 aromatic heterocycles. The number of esters is 1. The van der Waals surface area contributed by atoms with E-state index in [1.807, 2.05) is 0 Å². The highest BCUT2D eigenvalue weighted by Crippen LogP contribution is 2.09. The SMILES string of the molecule is CCOC(=O)c1cnc(NCC2COCCN2)nc1C. The van der Waals surface area contributed by atoms with Crippen LogP contribution in [-0.2, 0) is 9.47 Å². The van der Waals surface area contributed by atoms with Gasteiger partial charge in [0.25, 0.3) is 0 Å². The summed E-state index contributed by atoms with van der Waals surface area (Å²) in [5, 5.41) is 6.47. The van der Waals surface area contributed by atoms with Crippen molar-refractivity contribution < 1.29 is 14.3 Å². The zero-order valence-electron chi connectivity index (χ0n) is 11.8. The molecule has 7 heteroatoms. The Labute approximate surface area is 118 Å². The number of hydrogen-bond donors (Lipinski definition) is 2. The van der Waals surface area contributed by atoms with Gasteiger partial charge >= 0.3 is 5.97 Å². The van der Waals surface area contributed by atoms with E-state index >= 15 is 0 Å². The standard InChI is InChI=1S/C13H20N4O3/c1-3-20-12(18)11-7-16-13(17-9(11)2)15-6-10-8-19-5-4-14-10/h7,10,14H,3-6,8H2,1-2H3,(H,15,16,17). The second-order valence-corrected chi connectivity index (χ2v) is 4.52. The molecule has 1 aliphatic heterocycles. The lowest BCUT2D eigenvalue weighted by molar-refractivity contribution is 0.0524. The number of ether oxygens (including phenoxy) is 2. The van der Waals surface area contributed by atoms with E-state index in [1.54, 1.807) is 13.8 Å². The first-order chi connectivity index (χ1) is 9.70. The summed E-state index contributed by atoms with van der Waals surface area (Å²) in [6.45, 7) is 6.83. The number of carbonyl (C=O) groups is 1. The zero-order chi connectivity index (χ0) is 14.4. The number of anilines is 1. The van der Waals surface area contributed by atoms with Crippen LogP contribution in [0.15, 0.2) is 6.20 Å². The molecule has 1 aromatic rings. The molecule has 0 amide bonds. The third-order valence-electron chi connectivity index (χ3n) is 2.98. The summed E-state index contributed by atoms with van der Waals surface area (Å²) < 4.78 is 10.3. The van der Waals surface area contributed by atoms with Crippen molar-refractivity contribution in [1.82, 2.24) is 15.3 Å². The second kappa shape index (κ2) is 7.16. The fourth-order valence-corrected chi connectivity index (χ4v) is 1.93. The van der Waals surface area contributed by atoms with Crippen molar-refractivity contribution in [2.75, 3.05) is 38.2 Å². The number of carbonyl (C=O) groups excluding carboxylic acids is 1. The van der Waals surface area contributed by atoms with E-state index in [9.17, 15) is 4.79 Å². The summed E-state index contributed by atoms with van der Waals surface area (Å²) in [7, 11) is 0. The fourth-order valence-electron chi connectivity index (χ4n) is 1.93. The summed E-state index contributed by atoms with van der Waals surface area (Å²) in [6.07, 6.45) is 1.49. The predicted octanol–water partition coefficient (Wildman–Crippen LogP) is 0.362. The van der Waals surface area contributed by atoms with Gasteiger partial charge in [0.15, 0.2) is 0 Å². The van der Waals surface area contributed by atoms with E-state index in [1.165, 1.54) is 6.20 Å². The van der Waals surface area contributed by atoms with Crippen LogP contribution in [0.2, 0.25) is 0 Å². The number of rotatable bonds is 5. The number of aryl methyl sites for hydroxylation is 1.